The second-order valence-corrected chi connectivity index (χ2v) is 5.24. The lowest BCUT2D eigenvalue weighted by Crippen LogP contribution is -2.33. The van der Waals surface area contributed by atoms with E-state index < -0.39 is 0 Å². The number of anilines is 1. The van der Waals surface area contributed by atoms with Gasteiger partial charge in [-0.05, 0) is 38.6 Å². The second kappa shape index (κ2) is 6.97. The average Bonchev–Trinajstić information content (AvgIpc) is 2.27. The molecule has 0 spiro atoms. The summed E-state index contributed by atoms with van der Waals surface area (Å²) in [6, 6.07) is 6.21. The Balaban J connectivity index is 2.79. The number of hydrogen-bond donors (Lipinski definition) is 1. The molecule has 98 valence electrons. The highest BCUT2D eigenvalue weighted by Gasteiger charge is 2.13. The quantitative estimate of drug-likeness (QED) is 0.837. The zero-order valence-electron chi connectivity index (χ0n) is 11.6. The maximum absolute atomic E-state index is 9.03. The van der Waals surface area contributed by atoms with Gasteiger partial charge in [0, 0.05) is 18.8 Å². The van der Waals surface area contributed by atoms with E-state index in [1.54, 1.807) is 6.20 Å². The van der Waals surface area contributed by atoms with Crippen LogP contribution < -0.4 is 5.32 Å². The van der Waals surface area contributed by atoms with E-state index in [9.17, 15) is 0 Å². The fraction of sp³-hybridized carbons (Fsp3) is 0.571. The van der Waals surface area contributed by atoms with Crippen LogP contribution in [0.15, 0.2) is 18.3 Å². The molecule has 1 aromatic rings. The Labute approximate surface area is 110 Å². The average molecular weight is 246 g/mol. The highest BCUT2D eigenvalue weighted by atomic mass is 15.1. The Morgan fingerprint density at radius 3 is 2.72 bits per heavy atom. The number of hydrogen-bond acceptors (Lipinski definition) is 4. The van der Waals surface area contributed by atoms with Crippen molar-refractivity contribution < 1.29 is 0 Å². The molecule has 0 aliphatic carbocycles. The number of nitriles is 1. The zero-order valence-corrected chi connectivity index (χ0v) is 11.6. The predicted molar refractivity (Wildman–Crippen MR) is 74.4 cm³/mol. The van der Waals surface area contributed by atoms with E-state index in [0.29, 0.717) is 17.7 Å². The van der Waals surface area contributed by atoms with Gasteiger partial charge >= 0.3 is 0 Å². The van der Waals surface area contributed by atoms with E-state index in [-0.39, 0.29) is 0 Å². The molecule has 4 nitrogen and oxygen atoms in total. The minimum Gasteiger partial charge on any atom is -0.379 e. The molecule has 0 aliphatic heterocycles. The van der Waals surface area contributed by atoms with Crippen LogP contribution in [0.2, 0.25) is 0 Å². The maximum Gasteiger partial charge on any atom is 0.163 e. The molecule has 0 bridgehead atoms. The van der Waals surface area contributed by atoms with Crippen molar-refractivity contribution in [2.45, 2.75) is 26.3 Å². The first-order chi connectivity index (χ1) is 8.52. The van der Waals surface area contributed by atoms with Gasteiger partial charge in [-0.2, -0.15) is 5.26 Å². The molecule has 1 unspecified atom stereocenters. The van der Waals surface area contributed by atoms with Gasteiger partial charge < -0.3 is 10.2 Å². The van der Waals surface area contributed by atoms with Crippen molar-refractivity contribution >= 4 is 5.69 Å². The molecule has 1 heterocycles. The third-order valence-corrected chi connectivity index (χ3v) is 2.61. The van der Waals surface area contributed by atoms with Crippen molar-refractivity contribution in [1.29, 1.82) is 5.26 Å². The molecule has 1 atom stereocenters. The predicted octanol–water partition coefficient (Wildman–Crippen LogP) is 2.34. The summed E-state index contributed by atoms with van der Waals surface area (Å²) in [5, 5.41) is 12.5. The third kappa shape index (κ3) is 4.72. The van der Waals surface area contributed by atoms with Gasteiger partial charge in [0.15, 0.2) is 5.69 Å². The molecule has 0 saturated carbocycles. The Hall–Kier alpha value is -1.60. The zero-order chi connectivity index (χ0) is 13.5. The van der Waals surface area contributed by atoms with Crippen LogP contribution >= 0.6 is 0 Å². The summed E-state index contributed by atoms with van der Waals surface area (Å²) in [4.78, 5) is 6.23. The van der Waals surface area contributed by atoms with Gasteiger partial charge in [-0.3, -0.25) is 0 Å². The summed E-state index contributed by atoms with van der Waals surface area (Å²) < 4.78 is 0. The van der Waals surface area contributed by atoms with Gasteiger partial charge in [-0.1, -0.05) is 13.8 Å². The van der Waals surface area contributed by atoms with Gasteiger partial charge in [0.05, 0.1) is 5.69 Å². The summed E-state index contributed by atoms with van der Waals surface area (Å²) in [6.45, 7) is 5.36. The molecule has 0 aromatic carbocycles. The van der Waals surface area contributed by atoms with Gasteiger partial charge in [0.1, 0.15) is 6.07 Å². The fourth-order valence-electron chi connectivity index (χ4n) is 2.02. The molecule has 1 rings (SSSR count). The van der Waals surface area contributed by atoms with E-state index in [0.717, 1.165) is 18.7 Å². The van der Waals surface area contributed by atoms with E-state index >= 15 is 0 Å². The molecule has 1 N–H and O–H groups in total. The Morgan fingerprint density at radius 2 is 2.17 bits per heavy atom. The van der Waals surface area contributed by atoms with Crippen molar-refractivity contribution in [3.8, 4) is 6.07 Å². The Kier molecular flexibility index (Phi) is 5.60. The van der Waals surface area contributed by atoms with Gasteiger partial charge in [0.25, 0.3) is 0 Å². The summed E-state index contributed by atoms with van der Waals surface area (Å²) >= 11 is 0. The number of pyridine rings is 1. The first kappa shape index (κ1) is 14.5. The second-order valence-electron chi connectivity index (χ2n) is 5.24. The summed E-state index contributed by atoms with van der Waals surface area (Å²) in [5.74, 6) is 0.615. The van der Waals surface area contributed by atoms with Crippen LogP contribution in [0.4, 0.5) is 5.69 Å². The summed E-state index contributed by atoms with van der Waals surface area (Å²) in [7, 11) is 4.12. The molecule has 0 fully saturated rings. The van der Waals surface area contributed by atoms with Crippen molar-refractivity contribution in [1.82, 2.24) is 9.88 Å². The molecule has 4 heteroatoms. The lowest BCUT2D eigenvalue weighted by molar-refractivity contribution is 0.356. The van der Waals surface area contributed by atoms with Crippen molar-refractivity contribution in [2.24, 2.45) is 5.92 Å². The molecular weight excluding hydrogens is 224 g/mol. The number of likely N-dealkylation sites (N-methyl/N-ethyl adjacent to an activating group) is 1. The van der Waals surface area contributed by atoms with Crippen LogP contribution in [0, 0.1) is 17.2 Å². The van der Waals surface area contributed by atoms with Crippen molar-refractivity contribution in [3.05, 3.63) is 24.0 Å². The SMILES string of the molecule is CC(C)CC(CN(C)C)Nc1cccnc1C#N. The van der Waals surface area contributed by atoms with Gasteiger partial charge in [-0.15, -0.1) is 0 Å². The van der Waals surface area contributed by atoms with Crippen molar-refractivity contribution in [3.63, 3.8) is 0 Å². The third-order valence-electron chi connectivity index (χ3n) is 2.61. The van der Waals surface area contributed by atoms with Crippen LogP contribution in [0.5, 0.6) is 0 Å². The minimum atomic E-state index is 0.330. The molecule has 0 saturated heterocycles. The molecule has 1 aromatic heterocycles. The number of rotatable bonds is 6. The monoisotopic (exact) mass is 246 g/mol. The molecule has 0 radical (unpaired) electrons. The highest BCUT2D eigenvalue weighted by Crippen LogP contribution is 2.16. The van der Waals surface area contributed by atoms with E-state index in [1.165, 1.54) is 0 Å². The Bertz CT molecular complexity index is 397. The molecule has 0 amide bonds. The fourth-order valence-corrected chi connectivity index (χ4v) is 2.02. The van der Waals surface area contributed by atoms with Crippen LogP contribution in [0.1, 0.15) is 26.0 Å². The van der Waals surface area contributed by atoms with E-state index in [4.69, 9.17) is 5.26 Å². The van der Waals surface area contributed by atoms with Crippen molar-refractivity contribution in [2.75, 3.05) is 26.0 Å². The topological polar surface area (TPSA) is 52.0 Å². The molecule has 18 heavy (non-hydrogen) atoms. The maximum atomic E-state index is 9.03. The number of nitrogens with zero attached hydrogens (tertiary/aromatic N) is 3. The number of nitrogens with one attached hydrogen (secondary N) is 1. The van der Waals surface area contributed by atoms with E-state index in [1.807, 2.05) is 12.1 Å². The van der Waals surface area contributed by atoms with Crippen LogP contribution in [0.3, 0.4) is 0 Å². The summed E-state index contributed by atoms with van der Waals surface area (Å²) in [5.41, 5.74) is 1.29. The minimum absolute atomic E-state index is 0.330. The normalized spacial score (nSPS) is 12.5. The van der Waals surface area contributed by atoms with Gasteiger partial charge in [-0.25, -0.2) is 4.98 Å². The molecule has 0 aliphatic rings. The number of aromatic nitrogens is 1. The van der Waals surface area contributed by atoms with Crippen LogP contribution in [-0.2, 0) is 0 Å². The lowest BCUT2D eigenvalue weighted by atomic mass is 10.0. The Morgan fingerprint density at radius 1 is 1.44 bits per heavy atom. The van der Waals surface area contributed by atoms with Gasteiger partial charge in [0.2, 0.25) is 0 Å². The standard InChI is InChI=1S/C14H22N4/c1-11(2)8-12(10-18(3)4)17-13-6-5-7-16-14(13)9-15/h5-7,11-12,17H,8,10H2,1-4H3. The van der Waals surface area contributed by atoms with Crippen LogP contribution in [0.25, 0.3) is 0 Å². The largest absolute Gasteiger partial charge is 0.379 e. The summed E-state index contributed by atoms with van der Waals surface area (Å²) in [6.07, 6.45) is 2.71. The highest BCUT2D eigenvalue weighted by molar-refractivity contribution is 5.53. The smallest absolute Gasteiger partial charge is 0.163 e. The first-order valence-corrected chi connectivity index (χ1v) is 6.29. The first-order valence-electron chi connectivity index (χ1n) is 6.29. The van der Waals surface area contributed by atoms with E-state index in [2.05, 4.69) is 49.2 Å². The lowest BCUT2D eigenvalue weighted by Gasteiger charge is -2.25. The molecular formula is C14H22N4. The van der Waals surface area contributed by atoms with Crippen LogP contribution in [-0.4, -0.2) is 36.6 Å².